The van der Waals surface area contributed by atoms with Gasteiger partial charge < -0.3 is 9.47 Å². The van der Waals surface area contributed by atoms with E-state index in [-0.39, 0.29) is 23.0 Å². The third-order valence-corrected chi connectivity index (χ3v) is 12.5. The molecule has 0 N–H and O–H groups in total. The van der Waals surface area contributed by atoms with Crippen molar-refractivity contribution in [3.8, 4) is 5.69 Å². The standard InChI is InChI=1S/C44H51BN2/c1-25-17-38-40-39(18-25)47-35-15-13-28(42(2,3)4)21-31(35)32-22-30(44(8,9)10)24-34(41(32)47)45(40)33-23-29(43(5,6)7)14-16-36(33)46(38)37-20-26-11-12-27(37)19-26/h13-18,21-24,26-27,37H,11-12,19-20H2,1-10H3. The average Bonchev–Trinajstić information content (AvgIpc) is 3.71. The molecular formula is C44H51BN2. The van der Waals surface area contributed by atoms with Crippen LogP contribution in [0, 0.1) is 18.8 Å². The molecule has 3 unspecified atom stereocenters. The van der Waals surface area contributed by atoms with E-state index < -0.39 is 0 Å². The van der Waals surface area contributed by atoms with Crippen molar-refractivity contribution in [1.29, 1.82) is 0 Å². The highest BCUT2D eigenvalue weighted by atomic mass is 15.2. The summed E-state index contributed by atoms with van der Waals surface area (Å²) in [7, 11) is 0. The molecule has 240 valence electrons. The summed E-state index contributed by atoms with van der Waals surface area (Å²) < 4.78 is 2.67. The summed E-state index contributed by atoms with van der Waals surface area (Å²) >= 11 is 0. The first-order valence-corrected chi connectivity index (χ1v) is 18.3. The van der Waals surface area contributed by atoms with Crippen molar-refractivity contribution < 1.29 is 0 Å². The molecule has 0 spiro atoms. The van der Waals surface area contributed by atoms with E-state index in [0.717, 1.165) is 11.8 Å². The zero-order valence-corrected chi connectivity index (χ0v) is 30.3. The Morgan fingerprint density at radius 2 is 1.26 bits per heavy atom. The van der Waals surface area contributed by atoms with Crippen LogP contribution >= 0.6 is 0 Å². The van der Waals surface area contributed by atoms with Crippen LogP contribution in [0.15, 0.2) is 60.7 Å². The van der Waals surface area contributed by atoms with E-state index in [2.05, 4.69) is 139 Å². The normalized spacial score (nSPS) is 21.6. The molecule has 4 aromatic carbocycles. The van der Waals surface area contributed by atoms with Gasteiger partial charge in [0.2, 0.25) is 0 Å². The highest BCUT2D eigenvalue weighted by Crippen LogP contribution is 2.51. The minimum Gasteiger partial charge on any atom is -0.339 e. The number of rotatable bonds is 1. The fourth-order valence-corrected chi connectivity index (χ4v) is 9.95. The van der Waals surface area contributed by atoms with E-state index in [0.29, 0.717) is 6.04 Å². The van der Waals surface area contributed by atoms with Gasteiger partial charge in [-0.3, -0.25) is 0 Å². The Bertz CT molecular complexity index is 2140. The zero-order chi connectivity index (χ0) is 32.9. The Morgan fingerprint density at radius 1 is 0.617 bits per heavy atom. The van der Waals surface area contributed by atoms with Gasteiger partial charge in [0.05, 0.1) is 5.52 Å². The monoisotopic (exact) mass is 618 g/mol. The van der Waals surface area contributed by atoms with Gasteiger partial charge in [-0.25, -0.2) is 0 Å². The van der Waals surface area contributed by atoms with Gasteiger partial charge in [0.1, 0.15) is 0 Å². The number of aromatic nitrogens is 1. The van der Waals surface area contributed by atoms with E-state index in [1.54, 1.807) is 0 Å². The highest BCUT2D eigenvalue weighted by molar-refractivity contribution is 7.00. The number of anilines is 2. The van der Waals surface area contributed by atoms with Gasteiger partial charge in [-0.2, -0.15) is 0 Å². The van der Waals surface area contributed by atoms with E-state index in [4.69, 9.17) is 0 Å². The summed E-state index contributed by atoms with van der Waals surface area (Å²) in [4.78, 5) is 2.85. The predicted molar refractivity (Wildman–Crippen MR) is 204 cm³/mol. The molecule has 4 aliphatic rings. The first kappa shape index (κ1) is 29.7. The number of fused-ring (bicyclic) bond motifs is 9. The van der Waals surface area contributed by atoms with E-state index in [1.807, 2.05) is 0 Å². The molecule has 3 heteroatoms. The molecule has 0 amide bonds. The molecule has 9 rings (SSSR count). The summed E-state index contributed by atoms with van der Waals surface area (Å²) in [6.45, 7) is 23.8. The summed E-state index contributed by atoms with van der Waals surface area (Å²) in [6.07, 6.45) is 5.54. The molecule has 2 aliphatic carbocycles. The Balaban J connectivity index is 1.44. The molecular weight excluding hydrogens is 567 g/mol. The summed E-state index contributed by atoms with van der Waals surface area (Å²) in [5.74, 6) is 1.68. The number of nitrogens with zero attached hydrogens (tertiary/aromatic N) is 2. The van der Waals surface area contributed by atoms with Crippen molar-refractivity contribution in [2.75, 3.05) is 4.90 Å². The fraction of sp³-hybridized carbons (Fsp3) is 0.455. The SMILES string of the molecule is Cc1cc2c3c(c1)-n1c4ccc(C(C)(C)C)cc4c4cc(C(C)(C)C)cc(c41)B3c1cc(C(C)(C)C)ccc1N2C1CC2CCC1C2. The maximum Gasteiger partial charge on any atom is 0.252 e. The van der Waals surface area contributed by atoms with Crippen molar-refractivity contribution in [3.05, 3.63) is 82.9 Å². The smallest absolute Gasteiger partial charge is 0.252 e. The van der Waals surface area contributed by atoms with Gasteiger partial charge in [-0.15, -0.1) is 0 Å². The Hall–Kier alpha value is -3.46. The van der Waals surface area contributed by atoms with E-state index in [1.165, 1.54) is 103 Å². The summed E-state index contributed by atoms with van der Waals surface area (Å²) in [5.41, 5.74) is 17.4. The van der Waals surface area contributed by atoms with Gasteiger partial charge in [0, 0.05) is 39.4 Å². The van der Waals surface area contributed by atoms with Crippen LogP contribution in [0.2, 0.25) is 0 Å². The minimum absolute atomic E-state index is 0.0387. The lowest BCUT2D eigenvalue weighted by Gasteiger charge is -2.46. The van der Waals surface area contributed by atoms with Gasteiger partial charge in [-0.05, 0) is 129 Å². The quantitative estimate of drug-likeness (QED) is 0.167. The average molecular weight is 619 g/mol. The molecule has 3 atom stereocenters. The minimum atomic E-state index is 0.0387. The number of hydrogen-bond donors (Lipinski definition) is 0. The Kier molecular flexibility index (Phi) is 5.91. The molecule has 2 saturated carbocycles. The van der Waals surface area contributed by atoms with Crippen molar-refractivity contribution in [2.45, 2.75) is 117 Å². The van der Waals surface area contributed by atoms with Crippen LogP contribution in [0.1, 0.15) is 110 Å². The van der Waals surface area contributed by atoms with Crippen LogP contribution in [0.3, 0.4) is 0 Å². The van der Waals surface area contributed by atoms with Crippen molar-refractivity contribution >= 4 is 56.3 Å². The van der Waals surface area contributed by atoms with Gasteiger partial charge in [0.25, 0.3) is 6.71 Å². The Labute approximate surface area is 282 Å². The second-order valence-corrected chi connectivity index (χ2v) is 18.8. The largest absolute Gasteiger partial charge is 0.339 e. The lowest BCUT2D eigenvalue weighted by atomic mass is 9.33. The second-order valence-electron chi connectivity index (χ2n) is 18.8. The lowest BCUT2D eigenvalue weighted by Crippen LogP contribution is -2.62. The van der Waals surface area contributed by atoms with E-state index in [9.17, 15) is 0 Å². The maximum atomic E-state index is 2.85. The molecule has 1 aromatic heterocycles. The molecule has 2 aliphatic heterocycles. The van der Waals surface area contributed by atoms with Crippen LogP contribution in [0.25, 0.3) is 27.5 Å². The summed E-state index contributed by atoms with van der Waals surface area (Å²) in [5, 5.41) is 2.80. The van der Waals surface area contributed by atoms with Crippen molar-refractivity contribution in [3.63, 3.8) is 0 Å². The lowest BCUT2D eigenvalue weighted by molar-refractivity contribution is 0.413. The van der Waals surface area contributed by atoms with Crippen LogP contribution in [0.5, 0.6) is 0 Å². The number of aryl methyl sites for hydroxylation is 1. The second kappa shape index (κ2) is 9.37. The number of hydrogen-bond acceptors (Lipinski definition) is 1. The van der Waals surface area contributed by atoms with Gasteiger partial charge >= 0.3 is 0 Å². The van der Waals surface area contributed by atoms with Crippen LogP contribution in [-0.4, -0.2) is 17.3 Å². The van der Waals surface area contributed by atoms with Crippen LogP contribution in [-0.2, 0) is 16.2 Å². The molecule has 2 nitrogen and oxygen atoms in total. The Morgan fingerprint density at radius 3 is 1.91 bits per heavy atom. The van der Waals surface area contributed by atoms with Crippen LogP contribution < -0.4 is 21.3 Å². The molecule has 3 heterocycles. The predicted octanol–water partition coefficient (Wildman–Crippen LogP) is 9.45. The summed E-state index contributed by atoms with van der Waals surface area (Å²) in [6, 6.07) is 25.6. The molecule has 5 aromatic rings. The third-order valence-electron chi connectivity index (χ3n) is 12.5. The van der Waals surface area contributed by atoms with Gasteiger partial charge in [-0.1, -0.05) is 93.0 Å². The first-order valence-electron chi connectivity index (χ1n) is 18.3. The molecule has 0 radical (unpaired) electrons. The molecule has 47 heavy (non-hydrogen) atoms. The highest BCUT2D eigenvalue weighted by Gasteiger charge is 2.49. The topological polar surface area (TPSA) is 8.17 Å². The molecule has 2 fully saturated rings. The maximum absolute atomic E-state index is 2.85. The first-order chi connectivity index (χ1) is 22.1. The van der Waals surface area contributed by atoms with E-state index >= 15 is 0 Å². The fourth-order valence-electron chi connectivity index (χ4n) is 9.95. The van der Waals surface area contributed by atoms with Crippen LogP contribution in [0.4, 0.5) is 11.4 Å². The number of benzene rings is 4. The van der Waals surface area contributed by atoms with Crippen molar-refractivity contribution in [2.24, 2.45) is 11.8 Å². The molecule has 2 bridgehead atoms. The van der Waals surface area contributed by atoms with Crippen molar-refractivity contribution in [1.82, 2.24) is 4.57 Å². The zero-order valence-electron chi connectivity index (χ0n) is 30.3. The third kappa shape index (κ3) is 4.17. The van der Waals surface area contributed by atoms with Gasteiger partial charge in [0.15, 0.2) is 0 Å². The molecule has 0 saturated heterocycles.